The lowest BCUT2D eigenvalue weighted by Crippen LogP contribution is -2.17. The number of carboxylic acids is 1. The molecule has 7 heavy (non-hydrogen) atoms. The van der Waals surface area contributed by atoms with Gasteiger partial charge in [-0.3, -0.25) is 0 Å². The molecule has 5 heteroatoms. The second-order valence-corrected chi connectivity index (χ2v) is 0.712. The van der Waals surface area contributed by atoms with Crippen LogP contribution in [0.5, 0.6) is 0 Å². The predicted octanol–water partition coefficient (Wildman–Crippen LogP) is -2.80. The second-order valence-electron chi connectivity index (χ2n) is 0.712. The third kappa shape index (κ3) is 5.45. The molecule has 0 aliphatic carbocycles. The van der Waals surface area contributed by atoms with Crippen LogP contribution in [0.15, 0.2) is 0 Å². The number of aliphatic carboxylic acids is 1. The minimum Gasteiger partial charge on any atom is -0.477 e. The van der Waals surface area contributed by atoms with Crippen molar-refractivity contribution >= 4 is 14.4 Å². The van der Waals surface area contributed by atoms with Crippen molar-refractivity contribution in [1.82, 2.24) is 0 Å². The molecule has 3 N–H and O–H groups in total. The van der Waals surface area contributed by atoms with Gasteiger partial charge in [0, 0.05) is 0 Å². The van der Waals surface area contributed by atoms with E-state index in [4.69, 9.17) is 15.3 Å². The van der Waals surface area contributed by atoms with E-state index in [1.165, 1.54) is 0 Å². The lowest BCUT2D eigenvalue weighted by molar-refractivity contribution is -0.165. The van der Waals surface area contributed by atoms with Crippen LogP contribution in [0, 0.1) is 0 Å². The molecule has 0 aliphatic rings. The maximum atomic E-state index is 9.20. The van der Waals surface area contributed by atoms with Gasteiger partial charge in [0.1, 0.15) is 0 Å². The molecule has 0 aromatic rings. The summed E-state index contributed by atoms with van der Waals surface area (Å²) in [5, 5.41) is 22.7. The van der Waals surface area contributed by atoms with Crippen molar-refractivity contribution < 1.29 is 20.1 Å². The number of carbonyl (C=O) groups is 1. The molecule has 0 aliphatic heterocycles. The summed E-state index contributed by atoms with van der Waals surface area (Å²) in [5.41, 5.74) is 0. The summed E-state index contributed by atoms with van der Waals surface area (Å²) < 4.78 is 0. The van der Waals surface area contributed by atoms with Crippen LogP contribution in [0.4, 0.5) is 0 Å². The lowest BCUT2D eigenvalue weighted by atomic mass is 10.7. The molecule has 4 nitrogen and oxygen atoms in total. The zero-order valence-electron chi connectivity index (χ0n) is 2.83. The Labute approximate surface area is 42.0 Å². The summed E-state index contributed by atoms with van der Waals surface area (Å²) in [7, 11) is 0. The first kappa shape index (κ1) is 9.68. The average molecular weight is 106 g/mol. The number of carboxylic acid groups (broad SMARTS) is 1. The highest BCUT2D eigenvalue weighted by Crippen LogP contribution is 1.67. The van der Waals surface area contributed by atoms with E-state index in [1.807, 2.05) is 0 Å². The smallest absolute Gasteiger partial charge is 0.360 e. The van der Waals surface area contributed by atoms with Crippen LogP contribution >= 0.6 is 0 Å². The number of aliphatic hydroxyl groups is 2. The number of hydrogen-bond donors (Lipinski definition) is 3. The normalized spacial score (nSPS) is 7.86. The van der Waals surface area contributed by atoms with Gasteiger partial charge in [-0.1, -0.05) is 0 Å². The minimum absolute atomic E-state index is 0. The summed E-state index contributed by atoms with van der Waals surface area (Å²) in [5.74, 6) is -1.63. The number of hydrogen-bond acceptors (Lipinski definition) is 3. The van der Waals surface area contributed by atoms with Crippen molar-refractivity contribution in [2.45, 2.75) is 6.29 Å². The molecule has 0 amide bonds. The molecule has 0 rings (SSSR count). The maximum absolute atomic E-state index is 9.20. The zero-order chi connectivity index (χ0) is 5.15. The average Bonchev–Trinajstić information content (AvgIpc) is 1.36. The summed E-state index contributed by atoms with van der Waals surface area (Å²) >= 11 is 0. The van der Waals surface area contributed by atoms with Gasteiger partial charge in [0.25, 0.3) is 6.29 Å². The van der Waals surface area contributed by atoms with E-state index in [1.54, 1.807) is 0 Å². The Bertz CT molecular complexity index is 60.7. The summed E-state index contributed by atoms with van der Waals surface area (Å²) in [4.78, 5) is 9.20. The van der Waals surface area contributed by atoms with Crippen molar-refractivity contribution in [3.05, 3.63) is 0 Å². The highest BCUT2D eigenvalue weighted by atomic mass is 16.5. The zero-order valence-corrected chi connectivity index (χ0v) is 2.83. The van der Waals surface area contributed by atoms with Crippen molar-refractivity contribution in [3.63, 3.8) is 0 Å². The van der Waals surface area contributed by atoms with Crippen LogP contribution in [-0.4, -0.2) is 36.0 Å². The first-order valence-corrected chi connectivity index (χ1v) is 1.23. The van der Waals surface area contributed by atoms with Crippen LogP contribution in [0.25, 0.3) is 0 Å². The van der Waals surface area contributed by atoms with Gasteiger partial charge in [-0.2, -0.15) is 0 Å². The molecule has 0 saturated carbocycles. The van der Waals surface area contributed by atoms with Crippen molar-refractivity contribution in [3.8, 4) is 0 Å². The van der Waals surface area contributed by atoms with E-state index >= 15 is 0 Å². The summed E-state index contributed by atoms with van der Waals surface area (Å²) in [6.07, 6.45) is -2.23. The molecule has 0 unspecified atom stereocenters. The monoisotopic (exact) mass is 106 g/mol. The van der Waals surface area contributed by atoms with Crippen molar-refractivity contribution in [1.29, 1.82) is 0 Å². The van der Waals surface area contributed by atoms with E-state index in [-0.39, 0.29) is 8.41 Å². The fourth-order valence-corrected chi connectivity index (χ4v) is 0. The van der Waals surface area contributed by atoms with Gasteiger partial charge in [-0.15, -0.1) is 0 Å². The Balaban J connectivity index is 0. The van der Waals surface area contributed by atoms with E-state index in [0.717, 1.165) is 0 Å². The largest absolute Gasteiger partial charge is 0.477 e. The molecule has 0 bridgehead atoms. The van der Waals surface area contributed by atoms with E-state index in [0.29, 0.717) is 0 Å². The molecule has 0 aromatic carbocycles. The molecule has 0 radical (unpaired) electrons. The van der Waals surface area contributed by atoms with Gasteiger partial charge in [0.05, 0.1) is 8.41 Å². The van der Waals surface area contributed by atoms with Crippen LogP contribution in [0.3, 0.4) is 0 Å². The van der Waals surface area contributed by atoms with Gasteiger partial charge in [-0.05, 0) is 0 Å². The topological polar surface area (TPSA) is 77.8 Å². The van der Waals surface area contributed by atoms with Gasteiger partial charge in [0.15, 0.2) is 0 Å². The molecule has 0 fully saturated rings. The second kappa shape index (κ2) is 3.64. The van der Waals surface area contributed by atoms with Crippen LogP contribution in [0.1, 0.15) is 0 Å². The Morgan fingerprint density at radius 1 is 1.43 bits per heavy atom. The molecule has 0 heterocycles. The SMILES string of the molecule is B.O=C(O)C(O)O. The lowest BCUT2D eigenvalue weighted by Gasteiger charge is -1.88. The molecule has 0 spiro atoms. The van der Waals surface area contributed by atoms with E-state index < -0.39 is 12.3 Å². The molecular weight excluding hydrogens is 98.8 g/mol. The standard InChI is InChI=1S/C2H4O4.BH3/c3-1(4)2(5)6;/h1,3-4H,(H,5,6);1H3. The number of rotatable bonds is 1. The third-order valence-electron chi connectivity index (χ3n) is 0.221. The Morgan fingerprint density at radius 2 is 1.57 bits per heavy atom. The fourth-order valence-electron chi connectivity index (χ4n) is 0. The van der Waals surface area contributed by atoms with Crippen molar-refractivity contribution in [2.24, 2.45) is 0 Å². The predicted molar refractivity (Wildman–Crippen MR) is 25.8 cm³/mol. The Kier molecular flexibility index (Phi) is 5.03. The summed E-state index contributed by atoms with van der Waals surface area (Å²) in [6.45, 7) is 0. The quantitative estimate of drug-likeness (QED) is 0.249. The molecule has 42 valence electrons. The highest BCUT2D eigenvalue weighted by molar-refractivity contribution is 5.75. The molecule has 0 aromatic heterocycles. The molecule has 0 atom stereocenters. The van der Waals surface area contributed by atoms with Crippen LogP contribution in [0.2, 0.25) is 0 Å². The third-order valence-corrected chi connectivity index (χ3v) is 0.221. The van der Waals surface area contributed by atoms with Crippen LogP contribution in [-0.2, 0) is 4.79 Å². The van der Waals surface area contributed by atoms with Gasteiger partial charge < -0.3 is 15.3 Å². The Hall–Kier alpha value is -0.545. The first-order chi connectivity index (χ1) is 2.64. The number of aliphatic hydroxyl groups excluding tert-OH is 1. The maximum Gasteiger partial charge on any atom is 0.360 e. The molecule has 0 saturated heterocycles. The molecular formula is C2H7BO4. The highest BCUT2D eigenvalue weighted by Gasteiger charge is 2.04. The summed E-state index contributed by atoms with van der Waals surface area (Å²) in [6, 6.07) is 0. The van der Waals surface area contributed by atoms with E-state index in [2.05, 4.69) is 0 Å². The minimum atomic E-state index is -2.23. The first-order valence-electron chi connectivity index (χ1n) is 1.23. The van der Waals surface area contributed by atoms with Crippen LogP contribution < -0.4 is 0 Å². The van der Waals surface area contributed by atoms with Crippen molar-refractivity contribution in [2.75, 3.05) is 0 Å². The van der Waals surface area contributed by atoms with Gasteiger partial charge in [0.2, 0.25) is 0 Å². The Morgan fingerprint density at radius 3 is 1.57 bits per heavy atom. The van der Waals surface area contributed by atoms with E-state index in [9.17, 15) is 4.79 Å². The van der Waals surface area contributed by atoms with Gasteiger partial charge >= 0.3 is 5.97 Å². The van der Waals surface area contributed by atoms with Gasteiger partial charge in [-0.25, -0.2) is 4.79 Å². The fraction of sp³-hybridized carbons (Fsp3) is 0.500.